The summed E-state index contributed by atoms with van der Waals surface area (Å²) < 4.78 is 25.1. The molecule has 0 bridgehead atoms. The Morgan fingerprint density at radius 3 is 2.71 bits per heavy atom. The van der Waals surface area contributed by atoms with Crippen LogP contribution in [-0.2, 0) is 14.6 Å². The first kappa shape index (κ1) is 17.5. The first-order valence-corrected chi connectivity index (χ1v) is 10.8. The summed E-state index contributed by atoms with van der Waals surface area (Å²) in [6, 6.07) is 1.65. The number of carbonyl (C=O) groups excluding carboxylic acids is 1. The molecule has 1 aliphatic carbocycles. The van der Waals surface area contributed by atoms with Crippen molar-refractivity contribution in [1.82, 2.24) is 9.78 Å². The van der Waals surface area contributed by atoms with Gasteiger partial charge in [0.1, 0.15) is 5.82 Å². The number of carbonyl (C=O) groups is 1. The van der Waals surface area contributed by atoms with Gasteiger partial charge < -0.3 is 5.32 Å². The number of sulfone groups is 1. The average Bonchev–Trinajstić information content (AvgIpc) is 3.08. The maximum absolute atomic E-state index is 12.3. The van der Waals surface area contributed by atoms with Crippen molar-refractivity contribution in [3.05, 3.63) is 11.8 Å². The first-order chi connectivity index (χ1) is 11.4. The summed E-state index contributed by atoms with van der Waals surface area (Å²) in [5, 5.41) is 7.34. The van der Waals surface area contributed by atoms with E-state index in [4.69, 9.17) is 0 Å². The summed E-state index contributed by atoms with van der Waals surface area (Å²) in [5.74, 6) is 1.62. The second kappa shape index (κ2) is 7.25. The van der Waals surface area contributed by atoms with Crippen LogP contribution in [0, 0.1) is 12.8 Å². The van der Waals surface area contributed by atoms with Crippen LogP contribution in [0.4, 0.5) is 5.82 Å². The van der Waals surface area contributed by atoms with Gasteiger partial charge in [-0.05, 0) is 25.7 Å². The Kier molecular flexibility index (Phi) is 5.27. The highest BCUT2D eigenvalue weighted by molar-refractivity contribution is 7.91. The molecule has 2 heterocycles. The minimum atomic E-state index is -2.98. The summed E-state index contributed by atoms with van der Waals surface area (Å²) in [5.41, 5.74) is 0.793. The summed E-state index contributed by atoms with van der Waals surface area (Å²) in [4.78, 5) is 12.3. The predicted octanol–water partition coefficient (Wildman–Crippen LogP) is 2.85. The fourth-order valence-corrected chi connectivity index (χ4v) is 5.56. The topological polar surface area (TPSA) is 81.1 Å². The Bertz CT molecular complexity index is 690. The maximum atomic E-state index is 12.3. The minimum Gasteiger partial charge on any atom is -0.311 e. The highest BCUT2D eigenvalue weighted by atomic mass is 32.2. The third kappa shape index (κ3) is 4.37. The lowest BCUT2D eigenvalue weighted by Gasteiger charge is -2.21. The number of anilines is 1. The van der Waals surface area contributed by atoms with E-state index in [1.165, 1.54) is 32.1 Å². The van der Waals surface area contributed by atoms with Crippen LogP contribution in [0.1, 0.15) is 63.1 Å². The van der Waals surface area contributed by atoms with Gasteiger partial charge in [-0.15, -0.1) is 0 Å². The molecule has 6 nitrogen and oxygen atoms in total. The number of nitrogens with zero attached hydrogens (tertiary/aromatic N) is 2. The highest BCUT2D eigenvalue weighted by Gasteiger charge is 2.31. The quantitative estimate of drug-likeness (QED) is 0.882. The Morgan fingerprint density at radius 2 is 2.04 bits per heavy atom. The van der Waals surface area contributed by atoms with Crippen molar-refractivity contribution in [3.8, 4) is 0 Å². The number of aromatic nitrogens is 2. The Hall–Kier alpha value is -1.37. The summed E-state index contributed by atoms with van der Waals surface area (Å²) in [6.07, 6.45) is 8.41. The molecule has 1 aliphatic heterocycles. The molecule has 7 heteroatoms. The molecule has 1 aromatic rings. The molecule has 0 spiro atoms. The third-order valence-electron chi connectivity index (χ3n) is 5.18. The predicted molar refractivity (Wildman–Crippen MR) is 93.7 cm³/mol. The van der Waals surface area contributed by atoms with E-state index in [0.29, 0.717) is 24.6 Å². The van der Waals surface area contributed by atoms with Gasteiger partial charge in [0.25, 0.3) is 0 Å². The van der Waals surface area contributed by atoms with Crippen molar-refractivity contribution in [3.63, 3.8) is 0 Å². The molecule has 24 heavy (non-hydrogen) atoms. The summed E-state index contributed by atoms with van der Waals surface area (Å²) in [6.45, 7) is 1.86. The monoisotopic (exact) mass is 353 g/mol. The molecule has 1 amide bonds. The number of nitrogens with one attached hydrogen (secondary N) is 1. The zero-order valence-electron chi connectivity index (χ0n) is 14.3. The second-order valence-corrected chi connectivity index (χ2v) is 9.49. The van der Waals surface area contributed by atoms with Crippen LogP contribution in [-0.4, -0.2) is 35.6 Å². The molecule has 1 saturated heterocycles. The van der Waals surface area contributed by atoms with Gasteiger partial charge >= 0.3 is 0 Å². The number of rotatable bonds is 5. The number of hydrogen-bond acceptors (Lipinski definition) is 4. The van der Waals surface area contributed by atoms with Crippen molar-refractivity contribution in [2.75, 3.05) is 16.8 Å². The second-order valence-electron chi connectivity index (χ2n) is 7.26. The molecule has 1 aromatic heterocycles. The lowest BCUT2D eigenvalue weighted by atomic mass is 9.86. The van der Waals surface area contributed by atoms with Gasteiger partial charge in [0.2, 0.25) is 5.91 Å². The van der Waals surface area contributed by atoms with Crippen LogP contribution in [0.25, 0.3) is 0 Å². The Morgan fingerprint density at radius 1 is 1.29 bits per heavy atom. The summed E-state index contributed by atoms with van der Waals surface area (Å²) in [7, 11) is -2.98. The SMILES string of the molecule is Cc1cc(NC(=O)CCC2CCCCC2)n(C2CCS(=O)(=O)C2)n1. The van der Waals surface area contributed by atoms with Gasteiger partial charge in [-0.3, -0.25) is 4.79 Å². The van der Waals surface area contributed by atoms with Gasteiger partial charge in [-0.1, -0.05) is 32.1 Å². The van der Waals surface area contributed by atoms with E-state index >= 15 is 0 Å². The van der Waals surface area contributed by atoms with Crippen LogP contribution in [0.15, 0.2) is 6.07 Å². The number of amides is 1. The van der Waals surface area contributed by atoms with Gasteiger partial charge in [0.05, 0.1) is 23.2 Å². The summed E-state index contributed by atoms with van der Waals surface area (Å²) >= 11 is 0. The van der Waals surface area contributed by atoms with E-state index in [0.717, 1.165) is 12.1 Å². The van der Waals surface area contributed by atoms with Crippen LogP contribution in [0.5, 0.6) is 0 Å². The zero-order chi connectivity index (χ0) is 17.2. The van der Waals surface area contributed by atoms with Crippen LogP contribution < -0.4 is 5.32 Å². The normalized spacial score (nSPS) is 24.1. The molecule has 2 fully saturated rings. The molecule has 2 aliphatic rings. The van der Waals surface area contributed by atoms with E-state index in [1.54, 1.807) is 4.68 Å². The molecule has 134 valence electrons. The fraction of sp³-hybridized carbons (Fsp3) is 0.765. The number of aryl methyl sites for hydroxylation is 1. The van der Waals surface area contributed by atoms with E-state index in [9.17, 15) is 13.2 Å². The van der Waals surface area contributed by atoms with E-state index < -0.39 is 9.84 Å². The molecule has 1 N–H and O–H groups in total. The van der Waals surface area contributed by atoms with Crippen molar-refractivity contribution >= 4 is 21.6 Å². The fourth-order valence-electron chi connectivity index (χ4n) is 3.87. The van der Waals surface area contributed by atoms with Crippen molar-refractivity contribution in [1.29, 1.82) is 0 Å². The molecule has 0 radical (unpaired) electrons. The van der Waals surface area contributed by atoms with Gasteiger partial charge in [-0.25, -0.2) is 13.1 Å². The molecule has 1 saturated carbocycles. The van der Waals surface area contributed by atoms with Crippen molar-refractivity contribution < 1.29 is 13.2 Å². The van der Waals surface area contributed by atoms with E-state index in [2.05, 4.69) is 10.4 Å². The van der Waals surface area contributed by atoms with Crippen LogP contribution >= 0.6 is 0 Å². The van der Waals surface area contributed by atoms with Crippen LogP contribution in [0.3, 0.4) is 0 Å². The molecular weight excluding hydrogens is 326 g/mol. The van der Waals surface area contributed by atoms with Gasteiger partial charge in [0.15, 0.2) is 9.84 Å². The molecule has 0 aromatic carbocycles. The maximum Gasteiger partial charge on any atom is 0.225 e. The third-order valence-corrected chi connectivity index (χ3v) is 6.93. The number of hydrogen-bond donors (Lipinski definition) is 1. The lowest BCUT2D eigenvalue weighted by Crippen LogP contribution is -2.20. The first-order valence-electron chi connectivity index (χ1n) is 8.99. The smallest absolute Gasteiger partial charge is 0.225 e. The molecule has 1 atom stereocenters. The lowest BCUT2D eigenvalue weighted by molar-refractivity contribution is -0.116. The van der Waals surface area contributed by atoms with Crippen LogP contribution in [0.2, 0.25) is 0 Å². The Labute approximate surface area is 143 Å². The largest absolute Gasteiger partial charge is 0.311 e. The molecular formula is C17H27N3O3S. The van der Waals surface area contributed by atoms with Crippen molar-refractivity contribution in [2.24, 2.45) is 5.92 Å². The zero-order valence-corrected chi connectivity index (χ0v) is 15.1. The highest BCUT2D eigenvalue weighted by Crippen LogP contribution is 2.29. The minimum absolute atomic E-state index is 0.00239. The average molecular weight is 353 g/mol. The van der Waals surface area contributed by atoms with E-state index in [-0.39, 0.29) is 23.5 Å². The van der Waals surface area contributed by atoms with Crippen molar-refractivity contribution in [2.45, 2.75) is 64.3 Å². The Balaban J connectivity index is 1.59. The van der Waals surface area contributed by atoms with Gasteiger partial charge in [-0.2, -0.15) is 5.10 Å². The standard InChI is InChI=1S/C17H27N3O3S/c1-13-11-16(20(19-13)15-9-10-24(22,23)12-15)18-17(21)8-7-14-5-3-2-4-6-14/h11,14-15H,2-10,12H2,1H3,(H,18,21). The molecule has 3 rings (SSSR count). The van der Waals surface area contributed by atoms with E-state index in [1.807, 2.05) is 13.0 Å². The van der Waals surface area contributed by atoms with Gasteiger partial charge in [0, 0.05) is 12.5 Å². The molecule has 1 unspecified atom stereocenters.